The molecule has 0 saturated heterocycles. The minimum absolute atomic E-state index is 0.181. The van der Waals surface area contributed by atoms with Crippen LogP contribution in [0.25, 0.3) is 0 Å². The van der Waals surface area contributed by atoms with E-state index < -0.39 is 0 Å². The van der Waals surface area contributed by atoms with Crippen molar-refractivity contribution in [1.29, 1.82) is 0 Å². The van der Waals surface area contributed by atoms with Gasteiger partial charge in [-0.25, -0.2) is 0 Å². The van der Waals surface area contributed by atoms with Crippen molar-refractivity contribution >= 4 is 11.9 Å². The number of aliphatic hydroxyl groups excluding tert-OH is 1. The molecule has 0 aliphatic carbocycles. The molecule has 42 valence electrons. The number of hydrogen-bond acceptors (Lipinski definition) is 3. The maximum absolute atomic E-state index is 8.18. The van der Waals surface area contributed by atoms with Gasteiger partial charge in [-0.05, 0) is 5.41 Å². The van der Waals surface area contributed by atoms with Crippen LogP contribution in [-0.2, 0) is 0 Å². The predicted octanol–water partition coefficient (Wildman–Crippen LogP) is 0.360. The minimum Gasteiger partial charge on any atom is -0.395 e. The Kier molecular flexibility index (Phi) is 6.02. The van der Waals surface area contributed by atoms with Crippen LogP contribution in [0.3, 0.4) is 0 Å². The summed E-state index contributed by atoms with van der Waals surface area (Å²) in [6.45, 7) is 4.25. The molecule has 0 atom stereocenters. The number of hydrogen-bond donors (Lipinski definition) is 2. The summed E-state index contributed by atoms with van der Waals surface area (Å²) in [5.41, 5.74) is 0. The van der Waals surface area contributed by atoms with Crippen LogP contribution in [0.4, 0.5) is 0 Å². The van der Waals surface area contributed by atoms with Crippen LogP contribution >= 0.6 is 11.9 Å². The van der Waals surface area contributed by atoms with Crippen LogP contribution in [0, 0.1) is 0 Å². The van der Waals surface area contributed by atoms with E-state index in [1.807, 2.05) is 0 Å². The maximum Gasteiger partial charge on any atom is 0.0565 e. The molecule has 0 aromatic rings. The van der Waals surface area contributed by atoms with E-state index in [4.69, 9.17) is 5.11 Å². The van der Waals surface area contributed by atoms with Gasteiger partial charge in [0.2, 0.25) is 0 Å². The van der Waals surface area contributed by atoms with Crippen molar-refractivity contribution in [3.8, 4) is 0 Å². The highest BCUT2D eigenvalue weighted by molar-refractivity contribution is 8.00. The highest BCUT2D eigenvalue weighted by atomic mass is 32.2. The monoisotopic (exact) mass is 119 g/mol. The Bertz CT molecular complexity index is 49.0. The Morgan fingerprint density at radius 2 is 2.57 bits per heavy atom. The molecule has 3 heteroatoms. The lowest BCUT2D eigenvalue weighted by Crippen LogP contribution is -2.07. The molecule has 0 saturated carbocycles. The van der Waals surface area contributed by atoms with E-state index in [1.165, 1.54) is 11.9 Å². The second-order valence-electron chi connectivity index (χ2n) is 0.902. The first kappa shape index (κ1) is 7.01. The zero-order valence-electron chi connectivity index (χ0n) is 4.05. The first-order valence-corrected chi connectivity index (χ1v) is 2.90. The average molecular weight is 119 g/mol. The molecular formula is C4H9NOS. The summed E-state index contributed by atoms with van der Waals surface area (Å²) >= 11 is 1.39. The zero-order chi connectivity index (χ0) is 5.54. The third kappa shape index (κ3) is 6.01. The van der Waals surface area contributed by atoms with Crippen molar-refractivity contribution in [2.24, 2.45) is 0 Å². The lowest BCUT2D eigenvalue weighted by Gasteiger charge is -1.91. The molecule has 7 heavy (non-hydrogen) atoms. The van der Waals surface area contributed by atoms with Crippen molar-refractivity contribution < 1.29 is 5.11 Å². The third-order valence-corrected chi connectivity index (χ3v) is 0.918. The highest BCUT2D eigenvalue weighted by Crippen LogP contribution is 1.88. The van der Waals surface area contributed by atoms with Crippen LogP contribution < -0.4 is 4.72 Å². The quantitative estimate of drug-likeness (QED) is 0.414. The normalized spacial score (nSPS) is 8.71. The smallest absolute Gasteiger partial charge is 0.0565 e. The lowest BCUT2D eigenvalue weighted by atomic mass is 10.8. The van der Waals surface area contributed by atoms with E-state index in [1.54, 1.807) is 5.41 Å². The van der Waals surface area contributed by atoms with Gasteiger partial charge in [0.05, 0.1) is 6.61 Å². The molecule has 0 heterocycles. The van der Waals surface area contributed by atoms with Crippen molar-refractivity contribution in [3.63, 3.8) is 0 Å². The summed E-state index contributed by atoms with van der Waals surface area (Å²) in [5, 5.41) is 9.86. The summed E-state index contributed by atoms with van der Waals surface area (Å²) in [7, 11) is 0. The van der Waals surface area contributed by atoms with Crippen LogP contribution in [-0.4, -0.2) is 18.3 Å². The van der Waals surface area contributed by atoms with E-state index in [2.05, 4.69) is 11.3 Å². The van der Waals surface area contributed by atoms with E-state index in [-0.39, 0.29) is 6.61 Å². The van der Waals surface area contributed by atoms with Gasteiger partial charge in [0, 0.05) is 6.54 Å². The van der Waals surface area contributed by atoms with Gasteiger partial charge in [0.25, 0.3) is 0 Å². The summed E-state index contributed by atoms with van der Waals surface area (Å²) in [6.07, 6.45) is 0. The Hall–Kier alpha value is 0.01000. The summed E-state index contributed by atoms with van der Waals surface area (Å²) in [4.78, 5) is 0. The summed E-state index contributed by atoms with van der Waals surface area (Å²) in [6, 6.07) is 0. The van der Waals surface area contributed by atoms with Crippen LogP contribution in [0.1, 0.15) is 0 Å². The van der Waals surface area contributed by atoms with Gasteiger partial charge in [0.1, 0.15) is 0 Å². The molecule has 0 aromatic heterocycles. The standard InChI is InChI=1S/C4H9NOS/c1-2-7-5-3-4-6/h2,5-6H,1,3-4H2. The highest BCUT2D eigenvalue weighted by Gasteiger charge is 1.75. The molecule has 0 fully saturated rings. The van der Waals surface area contributed by atoms with Crippen molar-refractivity contribution in [2.45, 2.75) is 0 Å². The zero-order valence-corrected chi connectivity index (χ0v) is 4.87. The lowest BCUT2D eigenvalue weighted by molar-refractivity contribution is 0.302. The summed E-state index contributed by atoms with van der Waals surface area (Å²) in [5.74, 6) is 0. The fourth-order valence-electron chi connectivity index (χ4n) is 0.163. The Balaban J connectivity index is 2.56. The van der Waals surface area contributed by atoms with Gasteiger partial charge in [-0.15, -0.1) is 0 Å². The Morgan fingerprint density at radius 3 is 3.00 bits per heavy atom. The molecule has 0 aliphatic heterocycles. The second-order valence-corrected chi connectivity index (χ2v) is 1.76. The van der Waals surface area contributed by atoms with Crippen molar-refractivity contribution in [2.75, 3.05) is 13.2 Å². The Labute approximate surface area is 47.7 Å². The average Bonchev–Trinajstić information content (AvgIpc) is 1.69. The van der Waals surface area contributed by atoms with Gasteiger partial charge in [-0.1, -0.05) is 18.5 Å². The molecule has 2 N–H and O–H groups in total. The van der Waals surface area contributed by atoms with Crippen molar-refractivity contribution in [1.82, 2.24) is 4.72 Å². The molecular weight excluding hydrogens is 110 g/mol. The summed E-state index contributed by atoms with van der Waals surface area (Å²) < 4.78 is 2.83. The number of aliphatic hydroxyl groups is 1. The largest absolute Gasteiger partial charge is 0.395 e. The van der Waals surface area contributed by atoms with E-state index >= 15 is 0 Å². The molecule has 2 nitrogen and oxygen atoms in total. The van der Waals surface area contributed by atoms with E-state index in [0.717, 1.165) is 0 Å². The van der Waals surface area contributed by atoms with Crippen LogP contribution in [0.5, 0.6) is 0 Å². The first-order chi connectivity index (χ1) is 3.41. The van der Waals surface area contributed by atoms with Crippen LogP contribution in [0.15, 0.2) is 12.0 Å². The minimum atomic E-state index is 0.181. The molecule has 0 amide bonds. The Morgan fingerprint density at radius 1 is 1.86 bits per heavy atom. The molecule has 0 aromatic carbocycles. The fraction of sp³-hybridized carbons (Fsp3) is 0.500. The van der Waals surface area contributed by atoms with Crippen LogP contribution in [0.2, 0.25) is 0 Å². The second kappa shape index (κ2) is 6.01. The van der Waals surface area contributed by atoms with Gasteiger partial charge in [-0.3, -0.25) is 4.72 Å². The molecule has 0 aliphatic rings. The van der Waals surface area contributed by atoms with Gasteiger partial charge < -0.3 is 5.11 Å². The number of rotatable bonds is 4. The number of nitrogens with one attached hydrogen (secondary N) is 1. The molecule has 0 radical (unpaired) electrons. The van der Waals surface area contributed by atoms with Crippen molar-refractivity contribution in [3.05, 3.63) is 12.0 Å². The molecule has 0 bridgehead atoms. The topological polar surface area (TPSA) is 32.3 Å². The predicted molar refractivity (Wildman–Crippen MR) is 32.9 cm³/mol. The third-order valence-electron chi connectivity index (χ3n) is 0.381. The maximum atomic E-state index is 8.18. The molecule has 0 rings (SSSR count). The van der Waals surface area contributed by atoms with Gasteiger partial charge in [-0.2, -0.15) is 0 Å². The fourth-order valence-corrected chi connectivity index (χ4v) is 0.490. The van der Waals surface area contributed by atoms with Gasteiger partial charge >= 0.3 is 0 Å². The van der Waals surface area contributed by atoms with E-state index in [0.29, 0.717) is 6.54 Å². The van der Waals surface area contributed by atoms with E-state index in [9.17, 15) is 0 Å². The van der Waals surface area contributed by atoms with Gasteiger partial charge in [0.15, 0.2) is 0 Å². The SMILES string of the molecule is C=CSNCCO. The molecule has 0 unspecified atom stereocenters. The first-order valence-electron chi connectivity index (χ1n) is 2.02. The molecule has 0 spiro atoms.